The minimum atomic E-state index is 0.0185. The SMILES string of the molecule is Cc1cccc(C)c1-n1c(C)cc([C@H]2[C@@H](c3ccccn3)NC(=S)N2CCCN(C)C)c1C. The number of nitrogens with one attached hydrogen (secondary N) is 1. The summed E-state index contributed by atoms with van der Waals surface area (Å²) >= 11 is 5.86. The van der Waals surface area contributed by atoms with Crippen molar-refractivity contribution >= 4 is 17.3 Å². The molecule has 6 heteroatoms. The van der Waals surface area contributed by atoms with Crippen molar-refractivity contribution in [2.24, 2.45) is 0 Å². The van der Waals surface area contributed by atoms with Crippen molar-refractivity contribution in [3.05, 3.63) is 82.4 Å². The highest BCUT2D eigenvalue weighted by Crippen LogP contribution is 2.41. The first kappa shape index (κ1) is 23.5. The van der Waals surface area contributed by atoms with Gasteiger partial charge in [0.15, 0.2) is 5.11 Å². The average Bonchev–Trinajstić information content (AvgIpc) is 3.25. The van der Waals surface area contributed by atoms with Crippen LogP contribution in [0, 0.1) is 27.7 Å². The maximum atomic E-state index is 5.86. The molecule has 5 nitrogen and oxygen atoms in total. The second-order valence-corrected chi connectivity index (χ2v) is 9.77. The summed E-state index contributed by atoms with van der Waals surface area (Å²) in [5.41, 5.74) is 8.69. The first-order chi connectivity index (χ1) is 15.8. The molecule has 1 aromatic carbocycles. The monoisotopic (exact) mass is 461 g/mol. The highest BCUT2D eigenvalue weighted by atomic mass is 32.1. The number of rotatable bonds is 7. The van der Waals surface area contributed by atoms with E-state index in [1.54, 1.807) is 0 Å². The Kier molecular flexibility index (Phi) is 6.86. The van der Waals surface area contributed by atoms with Crippen LogP contribution in [-0.4, -0.2) is 51.6 Å². The van der Waals surface area contributed by atoms with Crippen LogP contribution >= 0.6 is 12.2 Å². The highest BCUT2D eigenvalue weighted by molar-refractivity contribution is 7.80. The molecule has 0 radical (unpaired) electrons. The van der Waals surface area contributed by atoms with Crippen LogP contribution in [0.1, 0.15) is 52.3 Å². The van der Waals surface area contributed by atoms with E-state index >= 15 is 0 Å². The topological polar surface area (TPSA) is 36.3 Å². The summed E-state index contributed by atoms with van der Waals surface area (Å²) in [6, 6.07) is 15.1. The van der Waals surface area contributed by atoms with Crippen LogP contribution in [0.5, 0.6) is 0 Å². The van der Waals surface area contributed by atoms with E-state index in [2.05, 4.69) is 97.9 Å². The maximum absolute atomic E-state index is 5.86. The Bertz CT molecular complexity index is 1110. The van der Waals surface area contributed by atoms with Gasteiger partial charge in [0.05, 0.1) is 23.5 Å². The third kappa shape index (κ3) is 4.55. The van der Waals surface area contributed by atoms with E-state index in [4.69, 9.17) is 17.2 Å². The minimum absolute atomic E-state index is 0.0185. The van der Waals surface area contributed by atoms with Gasteiger partial charge >= 0.3 is 0 Å². The lowest BCUT2D eigenvalue weighted by atomic mass is 9.96. The molecule has 4 rings (SSSR count). The third-order valence-corrected chi connectivity index (χ3v) is 7.01. The predicted molar refractivity (Wildman–Crippen MR) is 140 cm³/mol. The number of benzene rings is 1. The summed E-state index contributed by atoms with van der Waals surface area (Å²) in [6.07, 6.45) is 2.92. The standard InChI is InChI=1S/C27H35N5S/c1-18-11-9-12-19(2)25(18)32-20(3)17-22(21(32)4)26-24(23-13-7-8-14-28-23)29-27(33)31(26)16-10-15-30(5)6/h7-9,11-14,17,24,26H,10,15-16H2,1-6H3,(H,29,33)/t24-,26+/m1/s1. The summed E-state index contributed by atoms with van der Waals surface area (Å²) in [5.74, 6) is 0. The Morgan fingerprint density at radius 3 is 2.39 bits per heavy atom. The molecule has 0 spiro atoms. The molecule has 0 saturated carbocycles. The van der Waals surface area contributed by atoms with Crippen molar-refractivity contribution in [3.8, 4) is 5.69 Å². The third-order valence-electron chi connectivity index (χ3n) is 6.65. The zero-order chi connectivity index (χ0) is 23.7. The van der Waals surface area contributed by atoms with Gasteiger partial charge in [-0.3, -0.25) is 4.98 Å². The van der Waals surface area contributed by atoms with Gasteiger partial charge in [-0.1, -0.05) is 24.3 Å². The maximum Gasteiger partial charge on any atom is 0.170 e. The molecule has 0 amide bonds. The van der Waals surface area contributed by atoms with Crippen LogP contribution in [0.15, 0.2) is 48.7 Å². The van der Waals surface area contributed by atoms with Gasteiger partial charge in [0.1, 0.15) is 0 Å². The lowest BCUT2D eigenvalue weighted by Gasteiger charge is -2.28. The van der Waals surface area contributed by atoms with Crippen molar-refractivity contribution in [2.75, 3.05) is 27.2 Å². The Balaban J connectivity index is 1.81. The highest BCUT2D eigenvalue weighted by Gasteiger charge is 2.41. The zero-order valence-electron chi connectivity index (χ0n) is 20.6. The summed E-state index contributed by atoms with van der Waals surface area (Å²) in [6.45, 7) is 10.8. The molecule has 174 valence electrons. The number of hydrogen-bond acceptors (Lipinski definition) is 3. The average molecular weight is 462 g/mol. The van der Waals surface area contributed by atoms with Crippen molar-refractivity contribution in [1.29, 1.82) is 0 Å². The molecule has 2 aromatic heterocycles. The molecule has 0 unspecified atom stereocenters. The number of aromatic nitrogens is 2. The van der Waals surface area contributed by atoms with Crippen LogP contribution < -0.4 is 5.32 Å². The van der Waals surface area contributed by atoms with Gasteiger partial charge in [-0.2, -0.15) is 0 Å². The van der Waals surface area contributed by atoms with Gasteiger partial charge < -0.3 is 19.7 Å². The fourth-order valence-electron chi connectivity index (χ4n) is 5.13. The van der Waals surface area contributed by atoms with Crippen molar-refractivity contribution < 1.29 is 0 Å². The van der Waals surface area contributed by atoms with Crippen LogP contribution in [0.2, 0.25) is 0 Å². The molecule has 33 heavy (non-hydrogen) atoms. The van der Waals surface area contributed by atoms with E-state index in [1.807, 2.05) is 12.3 Å². The largest absolute Gasteiger partial charge is 0.352 e. The van der Waals surface area contributed by atoms with Crippen LogP contribution in [-0.2, 0) is 0 Å². The summed E-state index contributed by atoms with van der Waals surface area (Å²) in [7, 11) is 4.24. The Hall–Kier alpha value is -2.70. The van der Waals surface area contributed by atoms with Crippen LogP contribution in [0.4, 0.5) is 0 Å². The molecule has 0 bridgehead atoms. The van der Waals surface area contributed by atoms with E-state index < -0.39 is 0 Å². The Morgan fingerprint density at radius 1 is 1.03 bits per heavy atom. The van der Waals surface area contributed by atoms with Crippen molar-refractivity contribution in [2.45, 2.75) is 46.2 Å². The van der Waals surface area contributed by atoms with E-state index in [0.29, 0.717) is 0 Å². The normalized spacial score (nSPS) is 18.3. The molecule has 2 atom stereocenters. The van der Waals surface area contributed by atoms with Crippen molar-refractivity contribution in [3.63, 3.8) is 0 Å². The lowest BCUT2D eigenvalue weighted by Crippen LogP contribution is -2.32. The molecular formula is C27H35N5S. The number of hydrogen-bond donors (Lipinski definition) is 1. The first-order valence-corrected chi connectivity index (χ1v) is 12.1. The first-order valence-electron chi connectivity index (χ1n) is 11.7. The summed E-state index contributed by atoms with van der Waals surface area (Å²) < 4.78 is 2.41. The molecule has 3 heterocycles. The fraction of sp³-hybridized carbons (Fsp3) is 0.407. The molecule has 1 fully saturated rings. The molecular weight excluding hydrogens is 426 g/mol. The number of aryl methyl sites for hydroxylation is 3. The quantitative estimate of drug-likeness (QED) is 0.500. The fourth-order valence-corrected chi connectivity index (χ4v) is 5.46. The van der Waals surface area contributed by atoms with E-state index in [9.17, 15) is 0 Å². The number of nitrogens with zero attached hydrogens (tertiary/aromatic N) is 4. The van der Waals surface area contributed by atoms with E-state index in [0.717, 1.165) is 30.3 Å². The van der Waals surface area contributed by atoms with Gasteiger partial charge in [0.2, 0.25) is 0 Å². The van der Waals surface area contributed by atoms with E-state index in [1.165, 1.54) is 33.8 Å². The molecule has 1 aliphatic heterocycles. The number of thiocarbonyl (C=S) groups is 1. The second-order valence-electron chi connectivity index (χ2n) is 9.38. The summed E-state index contributed by atoms with van der Waals surface area (Å²) in [5, 5.41) is 4.41. The molecule has 0 aliphatic carbocycles. The molecule has 3 aromatic rings. The molecule has 1 saturated heterocycles. The van der Waals surface area contributed by atoms with Gasteiger partial charge in [-0.05, 0) is 102 Å². The van der Waals surface area contributed by atoms with Crippen LogP contribution in [0.3, 0.4) is 0 Å². The summed E-state index contributed by atoms with van der Waals surface area (Å²) in [4.78, 5) is 9.29. The van der Waals surface area contributed by atoms with Crippen molar-refractivity contribution in [1.82, 2.24) is 24.7 Å². The van der Waals surface area contributed by atoms with Crippen LogP contribution in [0.25, 0.3) is 5.69 Å². The van der Waals surface area contributed by atoms with Gasteiger partial charge in [0.25, 0.3) is 0 Å². The van der Waals surface area contributed by atoms with E-state index in [-0.39, 0.29) is 12.1 Å². The zero-order valence-corrected chi connectivity index (χ0v) is 21.4. The van der Waals surface area contributed by atoms with Gasteiger partial charge in [0, 0.05) is 24.1 Å². The number of pyridine rings is 1. The second kappa shape index (κ2) is 9.65. The minimum Gasteiger partial charge on any atom is -0.352 e. The Labute approximate surface area is 203 Å². The van der Waals surface area contributed by atoms with Gasteiger partial charge in [-0.15, -0.1) is 0 Å². The Morgan fingerprint density at radius 2 is 1.76 bits per heavy atom. The number of para-hydroxylation sites is 1. The lowest BCUT2D eigenvalue weighted by molar-refractivity contribution is 0.292. The predicted octanol–water partition coefficient (Wildman–Crippen LogP) is 5.03. The van der Waals surface area contributed by atoms with Gasteiger partial charge in [-0.25, -0.2) is 0 Å². The molecule has 1 aliphatic rings. The smallest absolute Gasteiger partial charge is 0.170 e. The molecule has 1 N–H and O–H groups in total.